The number of rotatable bonds is 8. The van der Waals surface area contributed by atoms with Crippen LogP contribution in [0.2, 0.25) is 0 Å². The van der Waals surface area contributed by atoms with Crippen molar-refractivity contribution in [2.24, 2.45) is 0 Å². The van der Waals surface area contributed by atoms with E-state index >= 15 is 0 Å². The van der Waals surface area contributed by atoms with Crippen molar-refractivity contribution in [2.45, 2.75) is 13.0 Å². The molecule has 0 radical (unpaired) electrons. The Balaban J connectivity index is 1.58. The number of para-hydroxylation sites is 1. The van der Waals surface area contributed by atoms with Crippen LogP contribution < -0.4 is 20.8 Å². The van der Waals surface area contributed by atoms with Gasteiger partial charge in [0, 0.05) is 29.8 Å². The highest BCUT2D eigenvalue weighted by Gasteiger charge is 2.22. The Morgan fingerprint density at radius 2 is 1.86 bits per heavy atom. The van der Waals surface area contributed by atoms with E-state index < -0.39 is 44.5 Å². The van der Waals surface area contributed by atoms with Crippen molar-refractivity contribution in [2.75, 3.05) is 11.5 Å². The molecule has 2 heterocycles. The summed E-state index contributed by atoms with van der Waals surface area (Å²) >= 11 is 0. The third kappa shape index (κ3) is 5.67. The summed E-state index contributed by atoms with van der Waals surface area (Å²) in [4.78, 5) is 29.3. The van der Waals surface area contributed by atoms with Crippen LogP contribution in [-0.2, 0) is 23.1 Å². The highest BCUT2D eigenvalue weighted by atomic mass is 32.2. The van der Waals surface area contributed by atoms with Gasteiger partial charge in [0.25, 0.3) is 11.5 Å². The number of hydrogen-bond donors (Lipinski definition) is 3. The molecule has 4 aromatic rings. The van der Waals surface area contributed by atoms with Gasteiger partial charge in [-0.25, -0.2) is 13.8 Å². The molecule has 0 aliphatic carbocycles. The summed E-state index contributed by atoms with van der Waals surface area (Å²) in [5.74, 6) is -2.96. The van der Waals surface area contributed by atoms with Crippen LogP contribution in [-0.4, -0.2) is 35.0 Å². The van der Waals surface area contributed by atoms with Gasteiger partial charge in [-0.05, 0) is 36.2 Å². The normalized spacial score (nSPS) is 11.4. The van der Waals surface area contributed by atoms with Gasteiger partial charge in [0.2, 0.25) is 0 Å². The van der Waals surface area contributed by atoms with Crippen LogP contribution in [0.4, 0.5) is 14.5 Å². The van der Waals surface area contributed by atoms with E-state index in [1.54, 1.807) is 18.2 Å². The summed E-state index contributed by atoms with van der Waals surface area (Å²) in [6.07, 6.45) is 1.20. The fraction of sp³-hybridized carbons (Fsp3) is 0.125. The van der Waals surface area contributed by atoms with E-state index in [1.807, 2.05) is 0 Å². The number of aryl methyl sites for hydroxylation is 1. The van der Waals surface area contributed by atoms with Crippen LogP contribution in [0, 0.1) is 11.6 Å². The summed E-state index contributed by atoms with van der Waals surface area (Å²) in [5.41, 5.74) is 4.03. The first-order valence-corrected chi connectivity index (χ1v) is 12.3. The summed E-state index contributed by atoms with van der Waals surface area (Å²) < 4.78 is 56.8. The highest BCUT2D eigenvalue weighted by molar-refractivity contribution is 7.87. The minimum Gasteiger partial charge on any atom is -0.423 e. The van der Waals surface area contributed by atoms with Crippen molar-refractivity contribution in [1.29, 1.82) is 0 Å². The topological polar surface area (TPSA) is 154 Å². The van der Waals surface area contributed by atoms with E-state index in [1.165, 1.54) is 24.4 Å². The molecule has 0 atom stereocenters. The van der Waals surface area contributed by atoms with Crippen molar-refractivity contribution in [3.8, 4) is 5.75 Å². The molecule has 4 N–H and O–H groups in total. The van der Waals surface area contributed by atoms with Crippen LogP contribution in [0.5, 0.6) is 5.75 Å². The molecule has 2 aromatic heterocycles. The molecule has 0 bridgehead atoms. The molecule has 0 saturated heterocycles. The lowest BCUT2D eigenvalue weighted by Gasteiger charge is -2.13. The number of nitrogens with zero attached hydrogens (tertiary/aromatic N) is 2. The number of nitrogens with one attached hydrogen (secondary N) is 1. The van der Waals surface area contributed by atoms with Gasteiger partial charge in [0.05, 0.1) is 11.4 Å². The van der Waals surface area contributed by atoms with Gasteiger partial charge in [0.1, 0.15) is 22.9 Å². The molecule has 0 aliphatic rings. The van der Waals surface area contributed by atoms with Crippen LogP contribution >= 0.6 is 0 Å². The number of nitrogen functional groups attached to an aromatic ring is 1. The first-order valence-electron chi connectivity index (χ1n) is 10.8. The zero-order chi connectivity index (χ0) is 26.7. The largest absolute Gasteiger partial charge is 0.423 e. The van der Waals surface area contributed by atoms with E-state index in [4.69, 9.17) is 9.92 Å². The Morgan fingerprint density at radius 3 is 2.57 bits per heavy atom. The quantitative estimate of drug-likeness (QED) is 0.232. The number of halogens is 2. The molecular formula is C24H20F2N4O6S. The zero-order valence-electron chi connectivity index (χ0n) is 19.0. The van der Waals surface area contributed by atoms with Crippen molar-refractivity contribution in [1.82, 2.24) is 15.0 Å². The maximum absolute atomic E-state index is 13.9. The fourth-order valence-electron chi connectivity index (χ4n) is 3.51. The Morgan fingerprint density at radius 1 is 1.14 bits per heavy atom. The van der Waals surface area contributed by atoms with Crippen LogP contribution in [0.3, 0.4) is 0 Å². The highest BCUT2D eigenvalue weighted by Crippen LogP contribution is 2.23. The van der Waals surface area contributed by atoms with Gasteiger partial charge < -0.3 is 20.4 Å². The van der Waals surface area contributed by atoms with Gasteiger partial charge in [-0.2, -0.15) is 8.42 Å². The Labute approximate surface area is 209 Å². The fourth-order valence-corrected chi connectivity index (χ4v) is 4.49. The van der Waals surface area contributed by atoms with Gasteiger partial charge >= 0.3 is 10.1 Å². The average molecular weight is 531 g/mol. The average Bonchev–Trinajstić information content (AvgIpc) is 2.86. The van der Waals surface area contributed by atoms with Crippen LogP contribution in [0.15, 0.2) is 65.6 Å². The molecule has 0 fully saturated rings. The molecular weight excluding hydrogens is 510 g/mol. The summed E-state index contributed by atoms with van der Waals surface area (Å²) in [6, 6.07) is 12.1. The molecule has 2 aromatic carbocycles. The van der Waals surface area contributed by atoms with Gasteiger partial charge in [-0.3, -0.25) is 9.59 Å². The second kappa shape index (κ2) is 10.2. The monoisotopic (exact) mass is 530 g/mol. The lowest BCUT2D eigenvalue weighted by Crippen LogP contribution is -2.34. The minimum atomic E-state index is -3.95. The van der Waals surface area contributed by atoms with Crippen molar-refractivity contribution >= 4 is 32.7 Å². The van der Waals surface area contributed by atoms with E-state index in [9.17, 15) is 32.0 Å². The van der Waals surface area contributed by atoms with Gasteiger partial charge in [-0.15, -0.1) is 4.73 Å². The maximum Gasteiger partial charge on any atom is 0.309 e. The molecule has 0 spiro atoms. The predicted molar refractivity (Wildman–Crippen MR) is 130 cm³/mol. The second-order valence-electron chi connectivity index (χ2n) is 7.95. The third-order valence-electron chi connectivity index (χ3n) is 5.38. The lowest BCUT2D eigenvalue weighted by atomic mass is 10.1. The Hall–Kier alpha value is -4.52. The number of benzene rings is 2. The molecule has 13 heteroatoms. The first kappa shape index (κ1) is 25.6. The first-order chi connectivity index (χ1) is 17.6. The SMILES string of the molecule is Nc1c(C(=O)NCc2ccc(F)cc2F)c(=O)n(O)c2ncc(CCS(=O)(=O)Oc3ccccc3)cc12. The minimum absolute atomic E-state index is 0.0130. The molecule has 10 nitrogen and oxygen atoms in total. The lowest BCUT2D eigenvalue weighted by molar-refractivity contribution is 0.0944. The summed E-state index contributed by atoms with van der Waals surface area (Å²) in [5, 5.41) is 12.6. The summed E-state index contributed by atoms with van der Waals surface area (Å²) in [6.45, 7) is -0.384. The van der Waals surface area contributed by atoms with Crippen LogP contribution in [0.25, 0.3) is 11.0 Å². The molecule has 1 amide bonds. The van der Waals surface area contributed by atoms with Crippen molar-refractivity contribution in [3.63, 3.8) is 0 Å². The third-order valence-corrected chi connectivity index (χ3v) is 6.53. The van der Waals surface area contributed by atoms with Crippen molar-refractivity contribution in [3.05, 3.63) is 99.5 Å². The summed E-state index contributed by atoms with van der Waals surface area (Å²) in [7, 11) is -3.95. The number of aromatic nitrogens is 2. The number of fused-ring (bicyclic) bond motifs is 1. The van der Waals surface area contributed by atoms with Crippen molar-refractivity contribution < 1.29 is 31.4 Å². The zero-order valence-corrected chi connectivity index (χ0v) is 19.8. The maximum atomic E-state index is 13.9. The Kier molecular flexibility index (Phi) is 7.07. The van der Waals surface area contributed by atoms with Gasteiger partial charge in [-0.1, -0.05) is 24.3 Å². The molecule has 0 saturated carbocycles. The van der Waals surface area contributed by atoms with E-state index in [2.05, 4.69) is 10.3 Å². The number of anilines is 1. The number of nitrogens with two attached hydrogens (primary N) is 1. The van der Waals surface area contributed by atoms with Gasteiger partial charge in [0.15, 0.2) is 5.65 Å². The number of pyridine rings is 2. The number of hydrogen-bond acceptors (Lipinski definition) is 8. The molecule has 0 aliphatic heterocycles. The van der Waals surface area contributed by atoms with E-state index in [0.717, 1.165) is 12.1 Å². The smallest absolute Gasteiger partial charge is 0.309 e. The number of carbonyl (C=O) groups is 1. The number of carbonyl (C=O) groups excluding carboxylic acids is 1. The molecule has 0 unspecified atom stereocenters. The van der Waals surface area contributed by atoms with Crippen LogP contribution in [0.1, 0.15) is 21.5 Å². The second-order valence-corrected chi connectivity index (χ2v) is 9.64. The Bertz CT molecular complexity index is 1660. The van der Waals surface area contributed by atoms with E-state index in [0.29, 0.717) is 11.6 Å². The molecule has 4 rings (SSSR count). The van der Waals surface area contributed by atoms with E-state index in [-0.39, 0.29) is 45.7 Å². The molecule has 192 valence electrons. The molecule has 37 heavy (non-hydrogen) atoms. The number of amides is 1. The standard InChI is InChI=1S/C24H20F2N4O6S/c25-16-7-6-15(19(26)11-16)13-29-23(31)20-21(27)18-10-14(12-28-22(18)30(33)24(20)32)8-9-37(34,35)36-17-4-2-1-3-5-17/h1-7,10-12,33H,8-9,13,27H2,(H,29,31). The predicted octanol–water partition coefficient (Wildman–Crippen LogP) is 2.38.